The minimum Gasteiger partial charge on any atom is -0.480 e. The molecule has 0 bridgehead atoms. The van der Waals surface area contributed by atoms with Gasteiger partial charge in [0.05, 0.1) is 0 Å². The van der Waals surface area contributed by atoms with E-state index in [1.54, 1.807) is 11.3 Å². The summed E-state index contributed by atoms with van der Waals surface area (Å²) in [5, 5.41) is 15.6. The molecule has 0 aliphatic rings. The molecule has 0 aromatic carbocycles. The Balaban J connectivity index is 2.52. The average molecular weight is 199 g/mol. The van der Waals surface area contributed by atoms with Crippen LogP contribution in [0.25, 0.3) is 0 Å². The molecular formula is C9H13NO2S. The molecule has 1 aromatic heterocycles. The summed E-state index contributed by atoms with van der Waals surface area (Å²) in [5.41, 5.74) is 0.894. The fourth-order valence-electron chi connectivity index (χ4n) is 1.09. The van der Waals surface area contributed by atoms with Crippen LogP contribution in [0.2, 0.25) is 0 Å². The lowest BCUT2D eigenvalue weighted by atomic mass is 10.1. The number of carbonyl (C=O) groups is 1. The third-order valence-electron chi connectivity index (χ3n) is 1.74. The monoisotopic (exact) mass is 199 g/mol. The lowest BCUT2D eigenvalue weighted by molar-refractivity contribution is -0.138. The molecule has 0 saturated heterocycles. The van der Waals surface area contributed by atoms with E-state index >= 15 is 0 Å². The lowest BCUT2D eigenvalue weighted by Gasteiger charge is -2.12. The zero-order chi connectivity index (χ0) is 9.68. The Labute approximate surface area is 81.4 Å². The lowest BCUT2D eigenvalue weighted by Crippen LogP contribution is -2.28. The van der Waals surface area contributed by atoms with Crippen LogP contribution in [0.5, 0.6) is 0 Å². The number of rotatable bonds is 5. The van der Waals surface area contributed by atoms with Crippen molar-refractivity contribution in [1.29, 1.82) is 0 Å². The number of carboxylic acid groups (broad SMARTS) is 1. The fraction of sp³-hybridized carbons (Fsp3) is 0.444. The van der Waals surface area contributed by atoms with Crippen LogP contribution < -0.4 is 5.32 Å². The SMILES string of the molecule is CCCC(Nc1ccsc1)C(=O)O. The predicted molar refractivity (Wildman–Crippen MR) is 54.3 cm³/mol. The Morgan fingerprint density at radius 3 is 3.00 bits per heavy atom. The van der Waals surface area contributed by atoms with E-state index in [1.807, 2.05) is 23.8 Å². The number of hydrogen-bond donors (Lipinski definition) is 2. The van der Waals surface area contributed by atoms with Crippen molar-refractivity contribution in [2.45, 2.75) is 25.8 Å². The van der Waals surface area contributed by atoms with Crippen molar-refractivity contribution in [3.8, 4) is 0 Å². The van der Waals surface area contributed by atoms with E-state index in [2.05, 4.69) is 5.32 Å². The van der Waals surface area contributed by atoms with Crippen molar-refractivity contribution in [2.24, 2.45) is 0 Å². The smallest absolute Gasteiger partial charge is 0.326 e. The second kappa shape index (κ2) is 4.87. The Morgan fingerprint density at radius 1 is 1.77 bits per heavy atom. The third-order valence-corrected chi connectivity index (χ3v) is 2.42. The first kappa shape index (κ1) is 10.1. The van der Waals surface area contributed by atoms with Crippen molar-refractivity contribution in [2.75, 3.05) is 5.32 Å². The van der Waals surface area contributed by atoms with Gasteiger partial charge in [0.2, 0.25) is 0 Å². The van der Waals surface area contributed by atoms with Crippen LogP contribution >= 0.6 is 11.3 Å². The van der Waals surface area contributed by atoms with Gasteiger partial charge in [-0.3, -0.25) is 0 Å². The van der Waals surface area contributed by atoms with Crippen molar-refractivity contribution in [3.05, 3.63) is 16.8 Å². The first-order valence-electron chi connectivity index (χ1n) is 4.25. The van der Waals surface area contributed by atoms with Gasteiger partial charge in [0.1, 0.15) is 6.04 Å². The van der Waals surface area contributed by atoms with E-state index in [0.29, 0.717) is 6.42 Å². The molecule has 4 heteroatoms. The maximum absolute atomic E-state index is 10.8. The largest absolute Gasteiger partial charge is 0.480 e. The van der Waals surface area contributed by atoms with Crippen LogP contribution in [0, 0.1) is 0 Å². The Morgan fingerprint density at radius 2 is 2.54 bits per heavy atom. The van der Waals surface area contributed by atoms with Crippen molar-refractivity contribution in [1.82, 2.24) is 0 Å². The van der Waals surface area contributed by atoms with Crippen molar-refractivity contribution >= 4 is 23.0 Å². The maximum Gasteiger partial charge on any atom is 0.326 e. The molecule has 0 radical (unpaired) electrons. The topological polar surface area (TPSA) is 49.3 Å². The van der Waals surface area contributed by atoms with E-state index in [0.717, 1.165) is 12.1 Å². The van der Waals surface area contributed by atoms with E-state index in [4.69, 9.17) is 5.11 Å². The second-order valence-electron chi connectivity index (χ2n) is 2.84. The summed E-state index contributed by atoms with van der Waals surface area (Å²) in [7, 11) is 0. The van der Waals surface area contributed by atoms with Crippen LogP contribution in [0.4, 0.5) is 5.69 Å². The Hall–Kier alpha value is -1.03. The predicted octanol–water partition coefficient (Wildman–Crippen LogP) is 2.41. The highest BCUT2D eigenvalue weighted by Crippen LogP contribution is 2.14. The number of anilines is 1. The van der Waals surface area contributed by atoms with Gasteiger partial charge in [-0.2, -0.15) is 11.3 Å². The molecule has 3 nitrogen and oxygen atoms in total. The van der Waals surface area contributed by atoms with Crippen molar-refractivity contribution in [3.63, 3.8) is 0 Å². The van der Waals surface area contributed by atoms with Gasteiger partial charge >= 0.3 is 5.97 Å². The average Bonchev–Trinajstić information content (AvgIpc) is 2.56. The maximum atomic E-state index is 10.8. The number of thiophene rings is 1. The minimum atomic E-state index is -0.784. The van der Waals surface area contributed by atoms with Crippen LogP contribution in [-0.4, -0.2) is 17.1 Å². The van der Waals surface area contributed by atoms with Crippen molar-refractivity contribution < 1.29 is 9.90 Å². The van der Waals surface area contributed by atoms with E-state index in [9.17, 15) is 4.79 Å². The summed E-state index contributed by atoms with van der Waals surface area (Å²) in [6, 6.07) is 1.43. The van der Waals surface area contributed by atoms with E-state index in [1.165, 1.54) is 0 Å². The molecule has 0 saturated carbocycles. The summed E-state index contributed by atoms with van der Waals surface area (Å²) in [5.74, 6) is -0.784. The molecular weight excluding hydrogens is 186 g/mol. The molecule has 0 aliphatic heterocycles. The summed E-state index contributed by atoms with van der Waals surface area (Å²) >= 11 is 1.56. The van der Waals surface area contributed by atoms with Gasteiger partial charge in [-0.05, 0) is 17.9 Å². The second-order valence-corrected chi connectivity index (χ2v) is 3.62. The van der Waals surface area contributed by atoms with E-state index in [-0.39, 0.29) is 0 Å². The van der Waals surface area contributed by atoms with Crippen LogP contribution in [-0.2, 0) is 4.79 Å². The molecule has 72 valence electrons. The Kier molecular flexibility index (Phi) is 3.76. The van der Waals surface area contributed by atoms with Crippen LogP contribution in [0.1, 0.15) is 19.8 Å². The normalized spacial score (nSPS) is 12.4. The third kappa shape index (κ3) is 3.06. The zero-order valence-corrected chi connectivity index (χ0v) is 8.30. The summed E-state index contributed by atoms with van der Waals surface area (Å²) in [6.45, 7) is 1.98. The molecule has 2 N–H and O–H groups in total. The molecule has 1 aromatic rings. The van der Waals surface area contributed by atoms with Gasteiger partial charge in [0, 0.05) is 11.1 Å². The zero-order valence-electron chi connectivity index (χ0n) is 7.49. The fourth-order valence-corrected chi connectivity index (χ4v) is 1.69. The molecule has 0 aliphatic carbocycles. The number of carboxylic acids is 1. The molecule has 13 heavy (non-hydrogen) atoms. The van der Waals surface area contributed by atoms with Gasteiger partial charge in [0.25, 0.3) is 0 Å². The molecule has 0 fully saturated rings. The van der Waals surface area contributed by atoms with Crippen LogP contribution in [0.15, 0.2) is 16.8 Å². The first-order valence-corrected chi connectivity index (χ1v) is 5.20. The van der Waals surface area contributed by atoms with Gasteiger partial charge in [-0.1, -0.05) is 13.3 Å². The Bertz CT molecular complexity index is 259. The number of hydrogen-bond acceptors (Lipinski definition) is 3. The first-order chi connectivity index (χ1) is 6.24. The quantitative estimate of drug-likeness (QED) is 0.765. The van der Waals surface area contributed by atoms with Gasteiger partial charge in [-0.25, -0.2) is 4.79 Å². The van der Waals surface area contributed by atoms with Crippen LogP contribution in [0.3, 0.4) is 0 Å². The van der Waals surface area contributed by atoms with Gasteiger partial charge in [-0.15, -0.1) is 0 Å². The summed E-state index contributed by atoms with van der Waals surface area (Å²) in [4.78, 5) is 10.8. The molecule has 1 unspecified atom stereocenters. The summed E-state index contributed by atoms with van der Waals surface area (Å²) in [6.07, 6.45) is 1.53. The molecule has 1 heterocycles. The standard InChI is InChI=1S/C9H13NO2S/c1-2-3-8(9(11)12)10-7-4-5-13-6-7/h4-6,8,10H,2-3H2,1H3,(H,11,12). The highest BCUT2D eigenvalue weighted by Gasteiger charge is 2.15. The summed E-state index contributed by atoms with van der Waals surface area (Å²) < 4.78 is 0. The van der Waals surface area contributed by atoms with E-state index < -0.39 is 12.0 Å². The molecule has 0 amide bonds. The van der Waals surface area contributed by atoms with Gasteiger partial charge in [0.15, 0.2) is 0 Å². The number of aliphatic carboxylic acids is 1. The highest BCUT2D eigenvalue weighted by atomic mass is 32.1. The highest BCUT2D eigenvalue weighted by molar-refractivity contribution is 7.08. The minimum absolute atomic E-state index is 0.459. The molecule has 1 rings (SSSR count). The number of nitrogens with one attached hydrogen (secondary N) is 1. The van der Waals surface area contributed by atoms with Gasteiger partial charge < -0.3 is 10.4 Å². The molecule has 1 atom stereocenters. The molecule has 0 spiro atoms.